The van der Waals surface area contributed by atoms with Crippen LogP contribution in [0.2, 0.25) is 0 Å². The van der Waals surface area contributed by atoms with Gasteiger partial charge in [-0.25, -0.2) is 9.46 Å². The normalized spacial score (nSPS) is 16.2. The van der Waals surface area contributed by atoms with Crippen molar-refractivity contribution in [3.63, 3.8) is 0 Å². The Morgan fingerprint density at radius 1 is 1.04 bits per heavy atom. The molecule has 1 aliphatic heterocycles. The first-order valence-corrected chi connectivity index (χ1v) is 23.8. The summed E-state index contributed by atoms with van der Waals surface area (Å²) >= 11 is 0. The highest BCUT2D eigenvalue weighted by Crippen LogP contribution is 2.50. The van der Waals surface area contributed by atoms with Gasteiger partial charge in [0, 0.05) is 62.5 Å². The van der Waals surface area contributed by atoms with Crippen LogP contribution in [0.1, 0.15) is 89.6 Å². The second kappa shape index (κ2) is 25.6. The summed E-state index contributed by atoms with van der Waals surface area (Å²) in [7, 11) is 1.88. The second-order valence-electron chi connectivity index (χ2n) is 16.8. The van der Waals surface area contributed by atoms with E-state index in [0.29, 0.717) is 54.2 Å². The van der Waals surface area contributed by atoms with Gasteiger partial charge in [-0.3, -0.25) is 29.3 Å². The van der Waals surface area contributed by atoms with Crippen molar-refractivity contribution in [2.24, 2.45) is 20.5 Å². The van der Waals surface area contributed by atoms with Crippen LogP contribution in [-0.4, -0.2) is 83.2 Å². The maximum atomic E-state index is 13.0. The van der Waals surface area contributed by atoms with Crippen molar-refractivity contribution in [2.75, 3.05) is 38.8 Å². The van der Waals surface area contributed by atoms with E-state index in [0.717, 1.165) is 11.3 Å². The van der Waals surface area contributed by atoms with Crippen molar-refractivity contribution in [1.29, 1.82) is 5.26 Å². The molecule has 1 fully saturated rings. The SMILES string of the molecule is CCC1OC(n2cc(C#CCNC(=O)CCCN(C)c3ccc(/N=N\c4cc(C)c(/N=N/c5ccc(C)cc5[N+](=O)[O-])cc4OC)cc3)c(=O)[nH]c2=O)CC1OP(OCCC#N)N(C(C)C)C(C)C. The molecule has 0 aliphatic carbocycles. The fourth-order valence-corrected chi connectivity index (χ4v) is 9.15. The van der Waals surface area contributed by atoms with Gasteiger partial charge in [-0.2, -0.15) is 10.4 Å². The molecule has 21 heteroatoms. The minimum atomic E-state index is -1.54. The highest BCUT2D eigenvalue weighted by molar-refractivity contribution is 7.44. The summed E-state index contributed by atoms with van der Waals surface area (Å²) in [6.45, 7) is 14.6. The van der Waals surface area contributed by atoms with Gasteiger partial charge >= 0.3 is 5.69 Å². The number of nitro groups is 1. The first kappa shape index (κ1) is 53.3. The molecule has 5 rings (SSSR count). The van der Waals surface area contributed by atoms with Gasteiger partial charge in [-0.1, -0.05) is 24.8 Å². The van der Waals surface area contributed by atoms with E-state index in [2.05, 4.69) is 81.0 Å². The molecule has 0 spiro atoms. The topological polar surface area (TPSA) is 244 Å². The summed E-state index contributed by atoms with van der Waals surface area (Å²) in [5, 5.41) is 40.5. The van der Waals surface area contributed by atoms with Crippen LogP contribution in [0.5, 0.6) is 5.75 Å². The maximum Gasteiger partial charge on any atom is 0.330 e. The van der Waals surface area contributed by atoms with Crippen LogP contribution in [0.3, 0.4) is 0 Å². The molecule has 366 valence electrons. The number of benzene rings is 3. The van der Waals surface area contributed by atoms with E-state index in [9.17, 15) is 24.5 Å². The Balaban J connectivity index is 1.11. The summed E-state index contributed by atoms with van der Waals surface area (Å²) in [5.41, 5.74) is 2.66. The van der Waals surface area contributed by atoms with E-state index in [-0.39, 0.29) is 67.0 Å². The molecule has 69 heavy (non-hydrogen) atoms. The van der Waals surface area contributed by atoms with Crippen LogP contribution < -0.4 is 26.2 Å². The molecule has 1 amide bonds. The molecule has 3 aromatic carbocycles. The number of anilines is 1. The number of aromatic amines is 1. The zero-order chi connectivity index (χ0) is 50.2. The second-order valence-corrected chi connectivity index (χ2v) is 18.2. The van der Waals surface area contributed by atoms with Crippen molar-refractivity contribution in [3.05, 3.63) is 108 Å². The highest BCUT2D eigenvalue weighted by Gasteiger charge is 2.40. The molecule has 2 N–H and O–H groups in total. The molecule has 2 heterocycles. The molecule has 1 aromatic heterocycles. The lowest BCUT2D eigenvalue weighted by atomic mass is 10.1. The van der Waals surface area contributed by atoms with E-state index in [4.69, 9.17) is 23.8 Å². The zero-order valence-electron chi connectivity index (χ0n) is 40.5. The van der Waals surface area contributed by atoms with E-state index in [1.54, 1.807) is 31.2 Å². The lowest BCUT2D eigenvalue weighted by molar-refractivity contribution is -0.384. The predicted molar refractivity (Wildman–Crippen MR) is 263 cm³/mol. The van der Waals surface area contributed by atoms with Crippen LogP contribution in [0.4, 0.5) is 34.1 Å². The van der Waals surface area contributed by atoms with Crippen molar-refractivity contribution in [3.8, 4) is 23.7 Å². The number of nitriles is 1. The number of aromatic nitrogens is 2. The van der Waals surface area contributed by atoms with E-state index < -0.39 is 37.0 Å². The number of nitrogens with one attached hydrogen (secondary N) is 2. The van der Waals surface area contributed by atoms with Crippen LogP contribution in [-0.2, 0) is 18.6 Å². The molecule has 20 nitrogen and oxygen atoms in total. The summed E-state index contributed by atoms with van der Waals surface area (Å²) < 4.78 is 27.9. The van der Waals surface area contributed by atoms with E-state index in [1.165, 1.54) is 23.9 Å². The largest absolute Gasteiger partial charge is 0.494 e. The standard InChI is InChI=1S/C48H60N11O9P/c1-10-42-44(68-69(66-25-13-22-49)58(31(2)3)32(4)5)29-46(67-42)57-30-35(47(61)51-48(57)62)14-11-23-50-45(60)15-12-24-56(8)37-19-17-36(18-20-37)52-55-40-27-34(7)39(28-43(40)65-9)54-53-38-21-16-33(6)26-41(38)59(63)64/h16-21,26-28,30-32,42,44,46H,10,12-13,15,23-25,29H2,1-9H3,(H,50,60)(H,51,61,62)/b54-53+,55-52-. The number of ether oxygens (including phenoxy) is 2. The Kier molecular flexibility index (Phi) is 19.8. The van der Waals surface area contributed by atoms with Gasteiger partial charge in [-0.05, 0) is 102 Å². The first-order chi connectivity index (χ1) is 33.0. The molecular formula is C48H60N11O9P. The van der Waals surface area contributed by atoms with Crippen LogP contribution in [0.25, 0.3) is 0 Å². The van der Waals surface area contributed by atoms with Crippen molar-refractivity contribution in [1.82, 2.24) is 19.5 Å². The molecule has 0 radical (unpaired) electrons. The fourth-order valence-electron chi connectivity index (χ4n) is 7.39. The summed E-state index contributed by atoms with van der Waals surface area (Å²) in [4.78, 5) is 53.8. The maximum absolute atomic E-state index is 13.0. The number of carbonyl (C=O) groups is 1. The zero-order valence-corrected chi connectivity index (χ0v) is 41.4. The number of nitrogens with zero attached hydrogens (tertiary/aromatic N) is 9. The van der Waals surface area contributed by atoms with Gasteiger partial charge in [0.15, 0.2) is 5.69 Å². The predicted octanol–water partition coefficient (Wildman–Crippen LogP) is 9.64. The van der Waals surface area contributed by atoms with E-state index in [1.807, 2.05) is 50.1 Å². The molecule has 1 saturated heterocycles. The van der Waals surface area contributed by atoms with Gasteiger partial charge in [0.2, 0.25) is 5.91 Å². The van der Waals surface area contributed by atoms with Crippen molar-refractivity contribution in [2.45, 2.75) is 111 Å². The Hall–Kier alpha value is -6.67. The number of nitro benzene ring substituents is 1. The quantitative estimate of drug-likeness (QED) is 0.0187. The van der Waals surface area contributed by atoms with Gasteiger partial charge in [0.05, 0.1) is 61.3 Å². The van der Waals surface area contributed by atoms with Crippen LogP contribution in [0.15, 0.2) is 90.8 Å². The third-order valence-corrected chi connectivity index (χ3v) is 13.1. The summed E-state index contributed by atoms with van der Waals surface area (Å²) in [6.07, 6.45) is 1.84. The Labute approximate surface area is 402 Å². The van der Waals surface area contributed by atoms with E-state index >= 15 is 0 Å². The van der Waals surface area contributed by atoms with Gasteiger partial charge in [0.25, 0.3) is 19.8 Å². The average Bonchev–Trinajstić information content (AvgIpc) is 3.72. The molecular weight excluding hydrogens is 906 g/mol. The number of rotatable bonds is 22. The molecule has 4 unspecified atom stereocenters. The van der Waals surface area contributed by atoms with Crippen molar-refractivity contribution < 1.29 is 28.2 Å². The molecule has 4 aromatic rings. The van der Waals surface area contributed by atoms with Crippen LogP contribution >= 0.6 is 8.53 Å². The number of amides is 1. The third kappa shape index (κ3) is 14.9. The molecule has 0 bridgehead atoms. The lowest BCUT2D eigenvalue weighted by Crippen LogP contribution is -2.35. The summed E-state index contributed by atoms with van der Waals surface area (Å²) in [6, 6.07) is 17.9. The van der Waals surface area contributed by atoms with Gasteiger partial charge in [-0.15, -0.1) is 15.3 Å². The highest BCUT2D eigenvalue weighted by atomic mass is 31.2. The monoisotopic (exact) mass is 965 g/mol. The van der Waals surface area contributed by atoms with Gasteiger partial charge in [0.1, 0.15) is 23.2 Å². The Bertz CT molecular complexity index is 2700. The average molecular weight is 966 g/mol. The number of azo groups is 2. The number of hydrogen-bond donors (Lipinski definition) is 2. The molecule has 1 aliphatic rings. The lowest BCUT2D eigenvalue weighted by Gasteiger charge is -2.37. The Morgan fingerprint density at radius 3 is 2.42 bits per heavy atom. The fraction of sp³-hybridized carbons (Fsp3) is 0.458. The molecule has 0 saturated carbocycles. The number of H-pyrrole nitrogens is 1. The molecule has 4 atom stereocenters. The van der Waals surface area contributed by atoms with Crippen molar-refractivity contribution >= 4 is 48.6 Å². The smallest absolute Gasteiger partial charge is 0.330 e. The van der Waals surface area contributed by atoms with Gasteiger partial charge < -0.3 is 28.7 Å². The third-order valence-electron chi connectivity index (χ3n) is 10.9. The number of carbonyl (C=O) groups excluding carboxylic acids is 1. The van der Waals surface area contributed by atoms with Crippen LogP contribution in [0, 0.1) is 47.1 Å². The number of methoxy groups -OCH3 is 1. The first-order valence-electron chi connectivity index (χ1n) is 22.6. The summed E-state index contributed by atoms with van der Waals surface area (Å²) in [5.74, 6) is 5.79. The Morgan fingerprint density at radius 2 is 1.75 bits per heavy atom. The minimum Gasteiger partial charge on any atom is -0.494 e. The number of hydrogen-bond acceptors (Lipinski definition) is 16. The minimum absolute atomic E-state index is 0.00390. The number of aryl methyl sites for hydroxylation is 2.